The Labute approximate surface area is 129 Å². The zero-order valence-corrected chi connectivity index (χ0v) is 12.5. The summed E-state index contributed by atoms with van der Waals surface area (Å²) < 4.78 is 0. The van der Waals surface area contributed by atoms with Gasteiger partial charge in [-0.25, -0.2) is 0 Å². The van der Waals surface area contributed by atoms with Crippen LogP contribution in [-0.4, -0.2) is 17.0 Å². The Morgan fingerprint density at radius 1 is 1.09 bits per heavy atom. The smallest absolute Gasteiger partial charge is 0.311 e. The Morgan fingerprint density at radius 3 is 2.45 bits per heavy atom. The van der Waals surface area contributed by atoms with Crippen molar-refractivity contribution in [2.24, 2.45) is 0 Å². The minimum absolute atomic E-state index is 0.0876. The number of anilines is 1. The average Bonchev–Trinajstić information content (AvgIpc) is 2.53. The summed E-state index contributed by atoms with van der Waals surface area (Å²) in [6, 6.07) is 16.4. The number of hydrogen-bond acceptors (Lipinski definition) is 2. The van der Waals surface area contributed by atoms with Crippen LogP contribution in [0.1, 0.15) is 30.4 Å². The number of carbonyl (C=O) groups excluding carboxylic acids is 1. The molecule has 0 aliphatic carbocycles. The maximum atomic E-state index is 12.1. The van der Waals surface area contributed by atoms with E-state index in [1.165, 1.54) is 0 Å². The minimum atomic E-state index is -0.997. The summed E-state index contributed by atoms with van der Waals surface area (Å²) in [6.45, 7) is 2.04. The van der Waals surface area contributed by atoms with Crippen LogP contribution in [0.2, 0.25) is 0 Å². The first-order chi connectivity index (χ1) is 10.6. The number of aryl methyl sites for hydroxylation is 1. The molecule has 2 aromatic rings. The molecule has 0 radical (unpaired) electrons. The Balaban J connectivity index is 2.07. The van der Waals surface area contributed by atoms with Crippen LogP contribution in [-0.2, 0) is 16.0 Å². The van der Waals surface area contributed by atoms with Crippen LogP contribution in [0.4, 0.5) is 5.69 Å². The van der Waals surface area contributed by atoms with Gasteiger partial charge in [0.25, 0.3) is 0 Å². The fraction of sp³-hybridized carbons (Fsp3) is 0.222. The van der Waals surface area contributed by atoms with Crippen molar-refractivity contribution in [3.8, 4) is 0 Å². The first-order valence-electron chi connectivity index (χ1n) is 7.26. The number of benzene rings is 2. The van der Waals surface area contributed by atoms with Crippen LogP contribution in [0.15, 0.2) is 54.6 Å². The lowest BCUT2D eigenvalue weighted by atomic mass is 9.95. The molecule has 0 saturated carbocycles. The maximum Gasteiger partial charge on any atom is 0.311 e. The van der Waals surface area contributed by atoms with Gasteiger partial charge in [0.1, 0.15) is 0 Å². The largest absolute Gasteiger partial charge is 0.481 e. The van der Waals surface area contributed by atoms with Gasteiger partial charge in [-0.05, 0) is 29.7 Å². The molecule has 1 atom stereocenters. The number of nitrogens with one attached hydrogen (secondary N) is 1. The quantitative estimate of drug-likeness (QED) is 0.858. The molecule has 0 aliphatic rings. The topological polar surface area (TPSA) is 66.4 Å². The number of rotatable bonds is 6. The van der Waals surface area contributed by atoms with Gasteiger partial charge in [-0.1, -0.05) is 49.4 Å². The van der Waals surface area contributed by atoms with Gasteiger partial charge in [-0.2, -0.15) is 0 Å². The van der Waals surface area contributed by atoms with E-state index in [1.807, 2.05) is 31.2 Å². The summed E-state index contributed by atoms with van der Waals surface area (Å²) in [4.78, 5) is 23.5. The minimum Gasteiger partial charge on any atom is -0.481 e. The van der Waals surface area contributed by atoms with Crippen LogP contribution in [0.3, 0.4) is 0 Å². The fourth-order valence-electron chi connectivity index (χ4n) is 2.30. The Morgan fingerprint density at radius 2 is 1.82 bits per heavy atom. The molecule has 2 N–H and O–H groups in total. The van der Waals surface area contributed by atoms with Gasteiger partial charge in [0, 0.05) is 12.1 Å². The van der Waals surface area contributed by atoms with Crippen molar-refractivity contribution in [2.75, 3.05) is 5.32 Å². The molecule has 0 saturated heterocycles. The molecule has 0 spiro atoms. The summed E-state index contributed by atoms with van der Waals surface area (Å²) in [6.07, 6.45) is 0.793. The maximum absolute atomic E-state index is 12.1. The van der Waals surface area contributed by atoms with Gasteiger partial charge in [0.05, 0.1) is 5.92 Å². The highest BCUT2D eigenvalue weighted by atomic mass is 16.4. The predicted molar refractivity (Wildman–Crippen MR) is 85.9 cm³/mol. The first-order valence-corrected chi connectivity index (χ1v) is 7.26. The molecular weight excluding hydrogens is 278 g/mol. The number of carboxylic acid groups (broad SMARTS) is 1. The predicted octanol–water partition coefficient (Wildman–Crippen LogP) is 3.45. The molecular formula is C18H19NO3. The van der Waals surface area contributed by atoms with E-state index in [4.69, 9.17) is 0 Å². The highest BCUT2D eigenvalue weighted by Gasteiger charge is 2.23. The van der Waals surface area contributed by atoms with Crippen molar-refractivity contribution in [3.63, 3.8) is 0 Å². The van der Waals surface area contributed by atoms with Crippen molar-refractivity contribution in [3.05, 3.63) is 65.7 Å². The Bertz CT molecular complexity index is 652. The van der Waals surface area contributed by atoms with Gasteiger partial charge in [0.2, 0.25) is 5.91 Å². The van der Waals surface area contributed by atoms with Crippen molar-refractivity contribution >= 4 is 17.6 Å². The second kappa shape index (κ2) is 7.41. The van der Waals surface area contributed by atoms with E-state index < -0.39 is 11.9 Å². The number of hydrogen-bond donors (Lipinski definition) is 2. The molecule has 0 aliphatic heterocycles. The lowest BCUT2D eigenvalue weighted by molar-refractivity contribution is -0.140. The molecule has 0 aromatic heterocycles. The second-order valence-corrected chi connectivity index (χ2v) is 5.11. The van der Waals surface area contributed by atoms with E-state index in [9.17, 15) is 14.7 Å². The third kappa shape index (κ3) is 4.19. The molecule has 22 heavy (non-hydrogen) atoms. The van der Waals surface area contributed by atoms with Crippen LogP contribution in [0.25, 0.3) is 0 Å². The van der Waals surface area contributed by atoms with E-state index in [2.05, 4.69) is 5.32 Å². The third-order valence-electron chi connectivity index (χ3n) is 3.51. The van der Waals surface area contributed by atoms with E-state index in [0.717, 1.165) is 12.0 Å². The molecule has 0 fully saturated rings. The molecule has 114 valence electrons. The number of carboxylic acids is 1. The first kappa shape index (κ1) is 15.8. The molecule has 2 aromatic carbocycles. The van der Waals surface area contributed by atoms with Gasteiger partial charge in [0.15, 0.2) is 0 Å². The average molecular weight is 297 g/mol. The van der Waals surface area contributed by atoms with Crippen molar-refractivity contribution in [2.45, 2.75) is 25.7 Å². The molecule has 0 heterocycles. The van der Waals surface area contributed by atoms with E-state index in [-0.39, 0.29) is 12.3 Å². The summed E-state index contributed by atoms with van der Waals surface area (Å²) >= 11 is 0. The molecule has 4 nitrogen and oxygen atoms in total. The lowest BCUT2D eigenvalue weighted by Gasteiger charge is -2.13. The molecule has 0 bridgehead atoms. The summed E-state index contributed by atoms with van der Waals surface area (Å²) in [5.41, 5.74) is 2.45. The number of amides is 1. The van der Waals surface area contributed by atoms with E-state index in [1.54, 1.807) is 30.3 Å². The van der Waals surface area contributed by atoms with Crippen LogP contribution in [0, 0.1) is 0 Å². The molecule has 0 unspecified atom stereocenters. The lowest BCUT2D eigenvalue weighted by Crippen LogP contribution is -2.20. The van der Waals surface area contributed by atoms with Gasteiger partial charge < -0.3 is 10.4 Å². The van der Waals surface area contributed by atoms with Crippen molar-refractivity contribution < 1.29 is 14.7 Å². The number of carbonyl (C=O) groups is 2. The number of aliphatic carboxylic acids is 1. The SMILES string of the molecule is CCc1cccc(NC(=O)C[C@H](C(=O)O)c2ccccc2)c1. The highest BCUT2D eigenvalue weighted by Crippen LogP contribution is 2.21. The molecule has 1 amide bonds. The molecule has 4 heteroatoms. The summed E-state index contributed by atoms with van der Waals surface area (Å²) in [7, 11) is 0. The highest BCUT2D eigenvalue weighted by molar-refractivity contribution is 5.94. The monoisotopic (exact) mass is 297 g/mol. The van der Waals surface area contributed by atoms with Crippen LogP contribution >= 0.6 is 0 Å². The summed E-state index contributed by atoms with van der Waals surface area (Å²) in [5.74, 6) is -2.14. The fourth-order valence-corrected chi connectivity index (χ4v) is 2.30. The Hall–Kier alpha value is -2.62. The van der Waals surface area contributed by atoms with E-state index >= 15 is 0 Å². The summed E-state index contributed by atoms with van der Waals surface area (Å²) in [5, 5.41) is 12.1. The van der Waals surface area contributed by atoms with Crippen molar-refractivity contribution in [1.82, 2.24) is 0 Å². The third-order valence-corrected chi connectivity index (χ3v) is 3.51. The zero-order chi connectivity index (χ0) is 15.9. The Kier molecular flexibility index (Phi) is 5.31. The second-order valence-electron chi connectivity index (χ2n) is 5.11. The standard InChI is InChI=1S/C18H19NO3/c1-2-13-7-6-10-15(11-13)19-17(20)12-16(18(21)22)14-8-4-3-5-9-14/h3-11,16H,2,12H2,1H3,(H,19,20)(H,21,22)/t16-/m0/s1. The van der Waals surface area contributed by atoms with E-state index in [0.29, 0.717) is 11.3 Å². The van der Waals surface area contributed by atoms with Gasteiger partial charge >= 0.3 is 5.97 Å². The van der Waals surface area contributed by atoms with Gasteiger partial charge in [-0.15, -0.1) is 0 Å². The van der Waals surface area contributed by atoms with Crippen molar-refractivity contribution in [1.29, 1.82) is 0 Å². The van der Waals surface area contributed by atoms with Gasteiger partial charge in [-0.3, -0.25) is 9.59 Å². The zero-order valence-electron chi connectivity index (χ0n) is 12.5. The molecule has 2 rings (SSSR count). The van der Waals surface area contributed by atoms with Crippen LogP contribution < -0.4 is 5.32 Å². The normalized spacial score (nSPS) is 11.7. The van der Waals surface area contributed by atoms with Crippen LogP contribution in [0.5, 0.6) is 0 Å².